The molecule has 0 bridgehead atoms. The molecule has 0 fully saturated rings. The van der Waals surface area contributed by atoms with Crippen LogP contribution in [0.4, 0.5) is 0 Å². The Labute approximate surface area is 130 Å². The number of aromatic nitrogens is 1. The van der Waals surface area contributed by atoms with E-state index in [1.54, 1.807) is 18.2 Å². The maximum absolute atomic E-state index is 10.8. The van der Waals surface area contributed by atoms with Gasteiger partial charge in [0.05, 0.1) is 21.4 Å². The number of carbonyl (C=O) groups is 1. The topological polar surface area (TPSA) is 74.0 Å². The van der Waals surface area contributed by atoms with Crippen molar-refractivity contribution in [1.82, 2.24) is 4.98 Å². The molecule has 0 spiro atoms. The number of benzene rings is 2. The lowest BCUT2D eigenvalue weighted by Crippen LogP contribution is -1.94. The van der Waals surface area contributed by atoms with Crippen molar-refractivity contribution >= 4 is 39.2 Å². The molecular weight excluding hydrogens is 296 g/mol. The quantitative estimate of drug-likeness (QED) is 0.740. The third-order valence-electron chi connectivity index (χ3n) is 3.11. The van der Waals surface area contributed by atoms with Crippen LogP contribution in [0.2, 0.25) is 0 Å². The molecule has 106 valence electrons. The third-order valence-corrected chi connectivity index (χ3v) is 4.18. The van der Waals surface area contributed by atoms with E-state index in [0.29, 0.717) is 10.6 Å². The molecule has 1 N–H and O–H groups in total. The number of nitriles is 1. The normalized spacial score (nSPS) is 11.3. The van der Waals surface area contributed by atoms with Crippen molar-refractivity contribution in [2.75, 3.05) is 0 Å². The smallest absolute Gasteiger partial charge is 0.335 e. The van der Waals surface area contributed by atoms with Crippen LogP contribution in [0, 0.1) is 11.3 Å². The van der Waals surface area contributed by atoms with Gasteiger partial charge in [-0.1, -0.05) is 24.3 Å². The number of hydrogen-bond donors (Lipinski definition) is 1. The Balaban J connectivity index is 1.99. The van der Waals surface area contributed by atoms with Gasteiger partial charge in [-0.2, -0.15) is 5.26 Å². The fourth-order valence-corrected chi connectivity index (χ4v) is 2.95. The predicted molar refractivity (Wildman–Crippen MR) is 86.5 cm³/mol. The van der Waals surface area contributed by atoms with E-state index in [1.165, 1.54) is 23.5 Å². The zero-order valence-electron chi connectivity index (χ0n) is 11.4. The minimum atomic E-state index is -0.970. The molecule has 22 heavy (non-hydrogen) atoms. The van der Waals surface area contributed by atoms with E-state index in [9.17, 15) is 10.1 Å². The summed E-state index contributed by atoms with van der Waals surface area (Å²) >= 11 is 1.46. The van der Waals surface area contributed by atoms with Crippen molar-refractivity contribution in [2.45, 2.75) is 0 Å². The lowest BCUT2D eigenvalue weighted by atomic mass is 10.1. The van der Waals surface area contributed by atoms with Crippen molar-refractivity contribution in [2.24, 2.45) is 0 Å². The van der Waals surface area contributed by atoms with Crippen LogP contribution in [0.3, 0.4) is 0 Å². The highest BCUT2D eigenvalue weighted by Gasteiger charge is 2.08. The molecular formula is C17H10N2O2S. The van der Waals surface area contributed by atoms with Gasteiger partial charge in [-0.15, -0.1) is 11.3 Å². The van der Waals surface area contributed by atoms with Crippen molar-refractivity contribution in [1.29, 1.82) is 5.26 Å². The largest absolute Gasteiger partial charge is 0.478 e. The van der Waals surface area contributed by atoms with E-state index >= 15 is 0 Å². The van der Waals surface area contributed by atoms with Gasteiger partial charge in [0.15, 0.2) is 0 Å². The van der Waals surface area contributed by atoms with Crippen LogP contribution in [0.5, 0.6) is 0 Å². The second-order valence-electron chi connectivity index (χ2n) is 4.58. The molecule has 3 aromatic rings. The summed E-state index contributed by atoms with van der Waals surface area (Å²) in [4.78, 5) is 15.3. The van der Waals surface area contributed by atoms with Crippen LogP contribution in [0.15, 0.2) is 48.5 Å². The molecule has 0 aliphatic heterocycles. The molecule has 3 rings (SSSR count). The summed E-state index contributed by atoms with van der Waals surface area (Å²) in [5.41, 5.74) is 2.31. The van der Waals surface area contributed by atoms with E-state index in [1.807, 2.05) is 24.3 Å². The number of carboxylic acid groups (broad SMARTS) is 1. The van der Waals surface area contributed by atoms with E-state index in [2.05, 4.69) is 11.1 Å². The lowest BCUT2D eigenvalue weighted by molar-refractivity contribution is 0.0697. The van der Waals surface area contributed by atoms with Gasteiger partial charge in [-0.25, -0.2) is 9.78 Å². The van der Waals surface area contributed by atoms with Gasteiger partial charge in [-0.3, -0.25) is 0 Å². The molecule has 0 amide bonds. The molecule has 1 heterocycles. The number of hydrogen-bond acceptors (Lipinski definition) is 4. The SMILES string of the molecule is N#CC(=Cc1ccc(C(=O)O)cc1)c1nc2ccccc2s1. The first-order valence-corrected chi connectivity index (χ1v) is 7.30. The molecule has 5 heteroatoms. The monoisotopic (exact) mass is 306 g/mol. The molecule has 0 atom stereocenters. The van der Waals surface area contributed by atoms with Crippen LogP contribution in [0.1, 0.15) is 20.9 Å². The second kappa shape index (κ2) is 5.80. The number of para-hydroxylation sites is 1. The van der Waals surface area contributed by atoms with Crippen LogP contribution in [-0.2, 0) is 0 Å². The number of nitrogens with zero attached hydrogens (tertiary/aromatic N) is 2. The van der Waals surface area contributed by atoms with Crippen molar-refractivity contribution < 1.29 is 9.90 Å². The number of thiazole rings is 1. The molecule has 0 aliphatic rings. The third kappa shape index (κ3) is 2.73. The van der Waals surface area contributed by atoms with Crippen molar-refractivity contribution in [3.05, 3.63) is 64.7 Å². The molecule has 0 saturated heterocycles. The van der Waals surface area contributed by atoms with Crippen LogP contribution < -0.4 is 0 Å². The Morgan fingerprint density at radius 1 is 1.18 bits per heavy atom. The number of aromatic carboxylic acids is 1. The van der Waals surface area contributed by atoms with Crippen molar-refractivity contribution in [3.63, 3.8) is 0 Å². The van der Waals surface area contributed by atoms with E-state index in [0.717, 1.165) is 15.8 Å². The summed E-state index contributed by atoms with van der Waals surface area (Å²) < 4.78 is 1.03. The highest BCUT2D eigenvalue weighted by atomic mass is 32.1. The van der Waals surface area contributed by atoms with Gasteiger partial charge in [0.2, 0.25) is 0 Å². The van der Waals surface area contributed by atoms with Crippen molar-refractivity contribution in [3.8, 4) is 6.07 Å². The zero-order chi connectivity index (χ0) is 15.5. The summed E-state index contributed by atoms with van der Waals surface area (Å²) in [6, 6.07) is 16.3. The van der Waals surface area contributed by atoms with Gasteiger partial charge < -0.3 is 5.11 Å². The Bertz CT molecular complexity index is 885. The molecule has 2 aromatic carbocycles. The first kappa shape index (κ1) is 14.0. The lowest BCUT2D eigenvalue weighted by Gasteiger charge is -1.97. The first-order chi connectivity index (χ1) is 10.7. The number of rotatable bonds is 3. The summed E-state index contributed by atoms with van der Waals surface area (Å²) in [5, 5.41) is 18.9. The predicted octanol–water partition coefficient (Wildman–Crippen LogP) is 4.06. The number of fused-ring (bicyclic) bond motifs is 1. The van der Waals surface area contributed by atoms with Gasteiger partial charge in [-0.05, 0) is 35.9 Å². The van der Waals surface area contributed by atoms with Crippen LogP contribution in [0.25, 0.3) is 21.9 Å². The Morgan fingerprint density at radius 3 is 2.55 bits per heavy atom. The summed E-state index contributed by atoms with van der Waals surface area (Å²) in [6.45, 7) is 0. The fraction of sp³-hybridized carbons (Fsp3) is 0. The minimum Gasteiger partial charge on any atom is -0.478 e. The van der Waals surface area contributed by atoms with Gasteiger partial charge in [0.25, 0.3) is 0 Å². The maximum Gasteiger partial charge on any atom is 0.335 e. The van der Waals surface area contributed by atoms with E-state index in [-0.39, 0.29) is 5.56 Å². The average Bonchev–Trinajstić information content (AvgIpc) is 2.96. The Hall–Kier alpha value is -2.97. The first-order valence-electron chi connectivity index (χ1n) is 6.48. The van der Waals surface area contributed by atoms with E-state index in [4.69, 9.17) is 5.11 Å². The fourth-order valence-electron chi connectivity index (χ4n) is 2.02. The molecule has 0 aliphatic carbocycles. The minimum absolute atomic E-state index is 0.218. The Morgan fingerprint density at radius 2 is 1.91 bits per heavy atom. The molecule has 4 nitrogen and oxygen atoms in total. The van der Waals surface area contributed by atoms with Gasteiger partial charge in [0, 0.05) is 0 Å². The summed E-state index contributed by atoms with van der Waals surface area (Å²) in [5.74, 6) is -0.970. The zero-order valence-corrected chi connectivity index (χ0v) is 12.2. The maximum atomic E-state index is 10.8. The summed E-state index contributed by atoms with van der Waals surface area (Å²) in [6.07, 6.45) is 1.71. The average molecular weight is 306 g/mol. The second-order valence-corrected chi connectivity index (χ2v) is 5.61. The van der Waals surface area contributed by atoms with Gasteiger partial charge >= 0.3 is 5.97 Å². The van der Waals surface area contributed by atoms with Crippen LogP contribution in [-0.4, -0.2) is 16.1 Å². The molecule has 0 radical (unpaired) electrons. The van der Waals surface area contributed by atoms with Crippen LogP contribution >= 0.6 is 11.3 Å². The Kier molecular flexibility index (Phi) is 3.69. The molecule has 0 saturated carbocycles. The summed E-state index contributed by atoms with van der Waals surface area (Å²) in [7, 11) is 0. The standard InChI is InChI=1S/C17H10N2O2S/c18-10-13(9-11-5-7-12(8-6-11)17(20)21)16-19-14-3-1-2-4-15(14)22-16/h1-9H,(H,20,21). The van der Waals surface area contributed by atoms with E-state index < -0.39 is 5.97 Å². The highest BCUT2D eigenvalue weighted by Crippen LogP contribution is 2.27. The van der Waals surface area contributed by atoms with Gasteiger partial charge in [0.1, 0.15) is 11.1 Å². The highest BCUT2D eigenvalue weighted by molar-refractivity contribution is 7.19. The number of allylic oxidation sites excluding steroid dienone is 1. The molecule has 0 unspecified atom stereocenters. The molecule has 1 aromatic heterocycles. The number of carboxylic acids is 1.